The summed E-state index contributed by atoms with van der Waals surface area (Å²) in [6, 6.07) is 5.87. The van der Waals surface area contributed by atoms with Gasteiger partial charge in [0.1, 0.15) is 0 Å². The summed E-state index contributed by atoms with van der Waals surface area (Å²) in [6.45, 7) is 1.91. The van der Waals surface area contributed by atoms with Crippen molar-refractivity contribution >= 4 is 11.7 Å². The first-order valence-electron chi connectivity index (χ1n) is 5.93. The number of anilines is 1. The number of nitrogens with one attached hydrogen (secondary N) is 2. The molecule has 0 saturated carbocycles. The summed E-state index contributed by atoms with van der Waals surface area (Å²) in [6.07, 6.45) is -3.76. The van der Waals surface area contributed by atoms with Gasteiger partial charge >= 0.3 is 6.18 Å². The van der Waals surface area contributed by atoms with Crippen LogP contribution in [0.1, 0.15) is 28.5 Å². The van der Waals surface area contributed by atoms with E-state index < -0.39 is 17.6 Å². The summed E-state index contributed by atoms with van der Waals surface area (Å²) in [7, 11) is 0. The molecule has 7 heteroatoms. The zero-order valence-corrected chi connectivity index (χ0v) is 10.6. The molecule has 0 fully saturated rings. The third-order valence-electron chi connectivity index (χ3n) is 2.71. The Morgan fingerprint density at radius 1 is 1.35 bits per heavy atom. The lowest BCUT2D eigenvalue weighted by Gasteiger charge is -2.08. The largest absolute Gasteiger partial charge is 0.416 e. The predicted molar refractivity (Wildman–Crippen MR) is 67.4 cm³/mol. The highest BCUT2D eigenvalue weighted by atomic mass is 19.4. The molecule has 0 aliphatic rings. The second-order valence-corrected chi connectivity index (χ2v) is 4.16. The van der Waals surface area contributed by atoms with Crippen LogP contribution in [0.25, 0.3) is 0 Å². The molecule has 0 unspecified atom stereocenters. The zero-order valence-electron chi connectivity index (χ0n) is 10.6. The SMILES string of the molecule is CCc1cc(NC(=O)c2cccc(C(F)(F)F)c2)n[nH]1. The molecule has 0 saturated heterocycles. The number of hydrogen-bond acceptors (Lipinski definition) is 2. The van der Waals surface area contributed by atoms with Gasteiger partial charge in [0.05, 0.1) is 5.56 Å². The van der Waals surface area contributed by atoms with E-state index in [0.717, 1.165) is 17.8 Å². The molecule has 0 aliphatic heterocycles. The van der Waals surface area contributed by atoms with E-state index in [4.69, 9.17) is 0 Å². The third kappa shape index (κ3) is 3.17. The number of benzene rings is 1. The summed E-state index contributed by atoms with van der Waals surface area (Å²) < 4.78 is 37.7. The molecule has 2 aromatic rings. The molecule has 0 aliphatic carbocycles. The molecule has 4 nitrogen and oxygen atoms in total. The summed E-state index contributed by atoms with van der Waals surface area (Å²) in [5.74, 6) is -0.352. The maximum absolute atomic E-state index is 12.6. The molecule has 1 aromatic carbocycles. The van der Waals surface area contributed by atoms with Crippen LogP contribution < -0.4 is 5.32 Å². The Hall–Kier alpha value is -2.31. The molecule has 2 rings (SSSR count). The third-order valence-corrected chi connectivity index (χ3v) is 2.71. The van der Waals surface area contributed by atoms with Crippen LogP contribution >= 0.6 is 0 Å². The van der Waals surface area contributed by atoms with Gasteiger partial charge in [0.2, 0.25) is 0 Å². The smallest absolute Gasteiger partial charge is 0.305 e. The van der Waals surface area contributed by atoms with Crippen LogP contribution in [-0.2, 0) is 12.6 Å². The lowest BCUT2D eigenvalue weighted by Crippen LogP contribution is -2.14. The fourth-order valence-electron chi connectivity index (χ4n) is 1.63. The molecule has 1 aromatic heterocycles. The number of rotatable bonds is 3. The number of carbonyl (C=O) groups excluding carboxylic acids is 1. The standard InChI is InChI=1S/C13H12F3N3O/c1-2-10-7-11(19-18-10)17-12(20)8-4-3-5-9(6-8)13(14,15)16/h3-7H,2H2,1H3,(H2,17,18,19,20). The van der Waals surface area contributed by atoms with Crippen molar-refractivity contribution in [1.29, 1.82) is 0 Å². The van der Waals surface area contributed by atoms with E-state index in [-0.39, 0.29) is 11.4 Å². The number of H-pyrrole nitrogens is 1. The Kier molecular flexibility index (Phi) is 3.78. The second-order valence-electron chi connectivity index (χ2n) is 4.16. The Labute approximate surface area is 113 Å². The molecular weight excluding hydrogens is 271 g/mol. The minimum Gasteiger partial charge on any atom is -0.305 e. The van der Waals surface area contributed by atoms with Gasteiger partial charge in [0, 0.05) is 17.3 Å². The monoisotopic (exact) mass is 283 g/mol. The number of aromatic nitrogens is 2. The van der Waals surface area contributed by atoms with Gasteiger partial charge in [0.25, 0.3) is 5.91 Å². The van der Waals surface area contributed by atoms with Gasteiger partial charge in [-0.25, -0.2) is 0 Å². The van der Waals surface area contributed by atoms with Crippen LogP contribution in [0.2, 0.25) is 0 Å². The average molecular weight is 283 g/mol. The Bertz CT molecular complexity index is 619. The number of aryl methyl sites for hydroxylation is 1. The maximum atomic E-state index is 12.6. The van der Waals surface area contributed by atoms with Crippen molar-refractivity contribution in [2.45, 2.75) is 19.5 Å². The first-order valence-corrected chi connectivity index (χ1v) is 5.93. The molecule has 0 radical (unpaired) electrons. The van der Waals surface area contributed by atoms with Crippen LogP contribution in [0.3, 0.4) is 0 Å². The van der Waals surface area contributed by atoms with Gasteiger partial charge in [-0.3, -0.25) is 9.89 Å². The van der Waals surface area contributed by atoms with Crippen molar-refractivity contribution in [3.05, 3.63) is 47.2 Å². The Balaban J connectivity index is 2.17. The normalized spacial score (nSPS) is 11.4. The van der Waals surface area contributed by atoms with E-state index in [2.05, 4.69) is 15.5 Å². The van der Waals surface area contributed by atoms with E-state index in [1.54, 1.807) is 6.07 Å². The van der Waals surface area contributed by atoms with E-state index in [1.165, 1.54) is 12.1 Å². The molecule has 1 heterocycles. The number of alkyl halides is 3. The molecule has 0 bridgehead atoms. The highest BCUT2D eigenvalue weighted by Crippen LogP contribution is 2.29. The fraction of sp³-hybridized carbons (Fsp3) is 0.231. The number of halogens is 3. The number of nitrogens with zero attached hydrogens (tertiary/aromatic N) is 1. The fourth-order valence-corrected chi connectivity index (χ4v) is 1.63. The predicted octanol–water partition coefficient (Wildman–Crippen LogP) is 3.24. The van der Waals surface area contributed by atoms with E-state index >= 15 is 0 Å². The number of hydrogen-bond donors (Lipinski definition) is 2. The highest BCUT2D eigenvalue weighted by Gasteiger charge is 2.30. The number of amides is 1. The molecule has 0 spiro atoms. The number of carbonyl (C=O) groups is 1. The molecule has 20 heavy (non-hydrogen) atoms. The van der Waals surface area contributed by atoms with Gasteiger partial charge in [-0.1, -0.05) is 13.0 Å². The summed E-state index contributed by atoms with van der Waals surface area (Å²) >= 11 is 0. The van der Waals surface area contributed by atoms with E-state index in [1.807, 2.05) is 6.92 Å². The molecule has 106 valence electrons. The summed E-state index contributed by atoms with van der Waals surface area (Å²) in [5.41, 5.74) is -0.105. The van der Waals surface area contributed by atoms with E-state index in [9.17, 15) is 18.0 Å². The van der Waals surface area contributed by atoms with Crippen LogP contribution in [-0.4, -0.2) is 16.1 Å². The van der Waals surface area contributed by atoms with Crippen LogP contribution in [0.15, 0.2) is 30.3 Å². The molecule has 2 N–H and O–H groups in total. The Morgan fingerprint density at radius 3 is 2.70 bits per heavy atom. The van der Waals surface area contributed by atoms with Crippen LogP contribution in [0, 0.1) is 0 Å². The van der Waals surface area contributed by atoms with Crippen LogP contribution in [0.5, 0.6) is 0 Å². The van der Waals surface area contributed by atoms with Crippen molar-refractivity contribution in [3.63, 3.8) is 0 Å². The lowest BCUT2D eigenvalue weighted by atomic mass is 10.1. The molecular formula is C13H12F3N3O. The minimum atomic E-state index is -4.47. The quantitative estimate of drug-likeness (QED) is 0.908. The van der Waals surface area contributed by atoms with Gasteiger partial charge in [-0.2, -0.15) is 18.3 Å². The van der Waals surface area contributed by atoms with Gasteiger partial charge in [-0.05, 0) is 24.6 Å². The van der Waals surface area contributed by atoms with E-state index in [0.29, 0.717) is 6.42 Å². The minimum absolute atomic E-state index is 0.0686. The molecule has 0 atom stereocenters. The van der Waals surface area contributed by atoms with Crippen molar-refractivity contribution < 1.29 is 18.0 Å². The number of aromatic amines is 1. The van der Waals surface area contributed by atoms with Gasteiger partial charge < -0.3 is 5.32 Å². The van der Waals surface area contributed by atoms with Crippen molar-refractivity contribution in [3.8, 4) is 0 Å². The Morgan fingerprint density at radius 2 is 2.10 bits per heavy atom. The molecule has 1 amide bonds. The van der Waals surface area contributed by atoms with Crippen molar-refractivity contribution in [2.75, 3.05) is 5.32 Å². The second kappa shape index (κ2) is 5.36. The zero-order chi connectivity index (χ0) is 14.8. The van der Waals surface area contributed by atoms with Crippen molar-refractivity contribution in [2.24, 2.45) is 0 Å². The highest BCUT2D eigenvalue weighted by molar-refractivity contribution is 6.03. The first-order chi connectivity index (χ1) is 9.40. The van der Waals surface area contributed by atoms with Gasteiger partial charge in [0.15, 0.2) is 5.82 Å². The first kappa shape index (κ1) is 14.1. The average Bonchev–Trinajstić information content (AvgIpc) is 2.85. The van der Waals surface area contributed by atoms with Gasteiger partial charge in [-0.15, -0.1) is 0 Å². The van der Waals surface area contributed by atoms with Crippen molar-refractivity contribution in [1.82, 2.24) is 10.2 Å². The summed E-state index contributed by atoms with van der Waals surface area (Å²) in [4.78, 5) is 11.9. The topological polar surface area (TPSA) is 57.8 Å². The maximum Gasteiger partial charge on any atom is 0.416 e. The lowest BCUT2D eigenvalue weighted by molar-refractivity contribution is -0.137. The van der Waals surface area contributed by atoms with Crippen LogP contribution in [0.4, 0.5) is 19.0 Å². The summed E-state index contributed by atoms with van der Waals surface area (Å²) in [5, 5.41) is 8.99.